The first-order chi connectivity index (χ1) is 18.9. The first-order valence-corrected chi connectivity index (χ1v) is 12.4. The Bertz CT molecular complexity index is 1450. The molecule has 1 unspecified atom stereocenters. The molecule has 2 heterocycles. The van der Waals surface area contributed by atoms with Gasteiger partial charge in [-0.05, 0) is 50.6 Å². The first-order valence-electron chi connectivity index (χ1n) is 12.4. The van der Waals surface area contributed by atoms with Gasteiger partial charge in [0.25, 0.3) is 5.91 Å². The molecule has 5 atom stereocenters. The van der Waals surface area contributed by atoms with E-state index in [-0.39, 0.29) is 28.8 Å². The third-order valence-electron chi connectivity index (χ3n) is 6.72. The molecular formula is C27H33N3O10. The summed E-state index contributed by atoms with van der Waals surface area (Å²) in [7, 11) is 1.40. The molecule has 3 aromatic rings. The van der Waals surface area contributed by atoms with Crippen LogP contribution in [0.2, 0.25) is 0 Å². The number of nitrogens with one attached hydrogen (secondary N) is 1. The molecule has 1 aromatic heterocycles. The van der Waals surface area contributed by atoms with Gasteiger partial charge >= 0.3 is 5.63 Å². The summed E-state index contributed by atoms with van der Waals surface area (Å²) in [6.45, 7) is 5.18. The van der Waals surface area contributed by atoms with Crippen molar-refractivity contribution in [1.29, 1.82) is 0 Å². The van der Waals surface area contributed by atoms with Crippen molar-refractivity contribution < 1.29 is 43.5 Å². The lowest BCUT2D eigenvalue weighted by atomic mass is 9.89. The maximum atomic E-state index is 12.8. The van der Waals surface area contributed by atoms with Gasteiger partial charge in [-0.1, -0.05) is 12.1 Å². The van der Waals surface area contributed by atoms with E-state index in [1.807, 2.05) is 0 Å². The van der Waals surface area contributed by atoms with E-state index in [0.29, 0.717) is 5.56 Å². The number of carbonyl (C=O) groups is 1. The van der Waals surface area contributed by atoms with Crippen molar-refractivity contribution in [2.45, 2.75) is 63.9 Å². The highest BCUT2D eigenvalue weighted by molar-refractivity contribution is 6.06. The Morgan fingerprint density at radius 1 is 1.25 bits per heavy atom. The monoisotopic (exact) mass is 559 g/mol. The van der Waals surface area contributed by atoms with Crippen LogP contribution in [0, 0.1) is 6.92 Å². The normalized spacial score (nSPS) is 23.1. The van der Waals surface area contributed by atoms with Crippen molar-refractivity contribution >= 4 is 22.6 Å². The standard InChI is InChI=1S/C27H33N3O10/c1-12-16(37-25-19(32)21(39-26(29)35)22(36-4)27(2,3)40-25)9-8-15-18(31)17(24(34)38-20(12)15)30-23(33)14-7-5-6-13(10-14)11-28/h5-10,19,21-22,25-26,31-32,35H,11,28-29H2,1-4H3,(H,30,33)/t19-,21+,22-,25-,26?/m1/s1. The molecule has 8 N–H and O–H groups in total. The average Bonchev–Trinajstić information content (AvgIpc) is 2.90. The van der Waals surface area contributed by atoms with Crippen LogP contribution in [0.25, 0.3) is 11.0 Å². The lowest BCUT2D eigenvalue weighted by molar-refractivity contribution is -0.329. The van der Waals surface area contributed by atoms with Gasteiger partial charge in [0, 0.05) is 24.8 Å². The predicted molar refractivity (Wildman–Crippen MR) is 143 cm³/mol. The van der Waals surface area contributed by atoms with E-state index in [9.17, 15) is 24.9 Å². The second-order valence-electron chi connectivity index (χ2n) is 9.88. The first kappa shape index (κ1) is 29.4. The zero-order chi connectivity index (χ0) is 29.4. The summed E-state index contributed by atoms with van der Waals surface area (Å²) in [6.07, 6.45) is -6.35. The molecule has 13 nitrogen and oxygen atoms in total. The van der Waals surface area contributed by atoms with Crippen LogP contribution >= 0.6 is 0 Å². The maximum Gasteiger partial charge on any atom is 0.364 e. The molecule has 4 rings (SSSR count). The van der Waals surface area contributed by atoms with Crippen molar-refractivity contribution in [2.75, 3.05) is 12.4 Å². The third kappa shape index (κ3) is 5.67. The summed E-state index contributed by atoms with van der Waals surface area (Å²) in [5.41, 5.74) is 9.82. The number of aliphatic hydroxyl groups is 2. The number of carbonyl (C=O) groups excluding carboxylic acids is 1. The fraction of sp³-hybridized carbons (Fsp3) is 0.407. The fourth-order valence-electron chi connectivity index (χ4n) is 4.75. The van der Waals surface area contributed by atoms with Crippen LogP contribution in [0.1, 0.15) is 35.3 Å². The van der Waals surface area contributed by atoms with Gasteiger partial charge in [0.1, 0.15) is 29.6 Å². The van der Waals surface area contributed by atoms with Crippen LogP contribution in [0.5, 0.6) is 11.5 Å². The van der Waals surface area contributed by atoms with Gasteiger partial charge in [-0.25, -0.2) is 4.79 Å². The summed E-state index contributed by atoms with van der Waals surface area (Å²) in [6, 6.07) is 9.43. The Balaban J connectivity index is 1.64. The maximum absolute atomic E-state index is 12.8. The number of aliphatic hydroxyl groups excluding tert-OH is 2. The van der Waals surface area contributed by atoms with Crippen molar-refractivity contribution in [3.8, 4) is 11.5 Å². The van der Waals surface area contributed by atoms with Crippen molar-refractivity contribution in [1.82, 2.24) is 0 Å². The molecule has 1 fully saturated rings. The van der Waals surface area contributed by atoms with Crippen LogP contribution < -0.4 is 27.1 Å². The zero-order valence-corrected chi connectivity index (χ0v) is 22.4. The molecule has 1 saturated heterocycles. The summed E-state index contributed by atoms with van der Waals surface area (Å²) in [5.74, 6) is -0.963. The van der Waals surface area contributed by atoms with Gasteiger partial charge in [-0.2, -0.15) is 0 Å². The van der Waals surface area contributed by atoms with Crippen molar-refractivity contribution in [3.05, 3.63) is 63.5 Å². The summed E-state index contributed by atoms with van der Waals surface area (Å²) >= 11 is 0. The lowest BCUT2D eigenvalue weighted by Gasteiger charge is -2.48. The number of benzene rings is 2. The number of methoxy groups -OCH3 is 1. The summed E-state index contributed by atoms with van der Waals surface area (Å²) in [4.78, 5) is 25.6. The number of aromatic hydroxyl groups is 1. The Morgan fingerprint density at radius 3 is 2.62 bits per heavy atom. The number of rotatable bonds is 8. The molecule has 2 aromatic carbocycles. The van der Waals surface area contributed by atoms with E-state index in [1.165, 1.54) is 19.2 Å². The van der Waals surface area contributed by atoms with Gasteiger partial charge in [-0.3, -0.25) is 10.5 Å². The van der Waals surface area contributed by atoms with Crippen LogP contribution in [0.4, 0.5) is 5.69 Å². The van der Waals surface area contributed by atoms with E-state index >= 15 is 0 Å². The molecule has 0 bridgehead atoms. The number of amides is 1. The number of aryl methyl sites for hydroxylation is 1. The molecular weight excluding hydrogens is 526 g/mol. The van der Waals surface area contributed by atoms with Gasteiger partial charge in [0.15, 0.2) is 11.4 Å². The minimum Gasteiger partial charge on any atom is -0.505 e. The number of anilines is 1. The molecule has 0 aliphatic carbocycles. The Kier molecular flexibility index (Phi) is 8.46. The van der Waals surface area contributed by atoms with Crippen LogP contribution in [0.15, 0.2) is 45.6 Å². The smallest absolute Gasteiger partial charge is 0.364 e. The van der Waals surface area contributed by atoms with Gasteiger partial charge in [0.05, 0.1) is 11.0 Å². The van der Waals surface area contributed by atoms with E-state index in [1.54, 1.807) is 45.0 Å². The van der Waals surface area contributed by atoms with Crippen LogP contribution in [-0.2, 0) is 20.8 Å². The highest BCUT2D eigenvalue weighted by atomic mass is 16.7. The molecule has 1 aliphatic rings. The van der Waals surface area contributed by atoms with Crippen molar-refractivity contribution in [3.63, 3.8) is 0 Å². The highest BCUT2D eigenvalue weighted by Crippen LogP contribution is 2.38. The highest BCUT2D eigenvalue weighted by Gasteiger charge is 2.52. The fourth-order valence-corrected chi connectivity index (χ4v) is 4.75. The topological polar surface area (TPSA) is 209 Å². The van der Waals surface area contributed by atoms with E-state index in [0.717, 1.165) is 5.56 Å². The van der Waals surface area contributed by atoms with E-state index in [2.05, 4.69) is 5.32 Å². The van der Waals surface area contributed by atoms with E-state index < -0.39 is 59.6 Å². The van der Waals surface area contributed by atoms with Gasteiger partial charge in [0.2, 0.25) is 12.7 Å². The summed E-state index contributed by atoms with van der Waals surface area (Å²) in [5, 5.41) is 33.9. The largest absolute Gasteiger partial charge is 0.505 e. The number of ether oxygens (including phenoxy) is 4. The van der Waals surface area contributed by atoms with Crippen molar-refractivity contribution in [2.24, 2.45) is 11.5 Å². The minimum absolute atomic E-state index is 0.00682. The second-order valence-corrected chi connectivity index (χ2v) is 9.88. The van der Waals surface area contributed by atoms with Crippen LogP contribution in [0.3, 0.4) is 0 Å². The average molecular weight is 560 g/mol. The molecule has 13 heteroatoms. The summed E-state index contributed by atoms with van der Waals surface area (Å²) < 4.78 is 28.1. The molecule has 40 heavy (non-hydrogen) atoms. The lowest BCUT2D eigenvalue weighted by Crippen LogP contribution is -2.65. The number of hydrogen-bond acceptors (Lipinski definition) is 12. The molecule has 0 saturated carbocycles. The quantitative estimate of drug-likeness (QED) is 0.169. The second kappa shape index (κ2) is 11.5. The molecule has 0 spiro atoms. The number of fused-ring (bicyclic) bond motifs is 1. The molecule has 216 valence electrons. The minimum atomic E-state index is -1.69. The number of hydrogen-bond donors (Lipinski definition) is 6. The Labute approximate surface area is 229 Å². The van der Waals surface area contributed by atoms with Gasteiger partial charge < -0.3 is 49.7 Å². The SMILES string of the molecule is CO[C@@H]1[C@@H](OC(N)O)[C@@H](O)[C@H](Oc2ccc3c(O)c(NC(=O)c4cccc(CN)c4)c(=O)oc3c2C)OC1(C)C. The van der Waals surface area contributed by atoms with Gasteiger partial charge in [-0.15, -0.1) is 0 Å². The molecule has 1 aliphatic heterocycles. The molecule has 1 amide bonds. The number of nitrogens with two attached hydrogens (primary N) is 2. The Morgan fingerprint density at radius 2 is 1.98 bits per heavy atom. The third-order valence-corrected chi connectivity index (χ3v) is 6.72. The van der Waals surface area contributed by atoms with Crippen LogP contribution in [-0.4, -0.2) is 65.0 Å². The van der Waals surface area contributed by atoms with E-state index in [4.69, 9.17) is 34.8 Å². The predicted octanol–water partition coefficient (Wildman–Crippen LogP) is 1.03. The zero-order valence-electron chi connectivity index (χ0n) is 22.4. The Hall–Kier alpha value is -3.56. The molecule has 0 radical (unpaired) electrons.